The lowest BCUT2D eigenvalue weighted by atomic mass is 9.94. The fourth-order valence-electron chi connectivity index (χ4n) is 1.79. The van der Waals surface area contributed by atoms with Crippen LogP contribution in [0.15, 0.2) is 30.3 Å². The maximum Gasteiger partial charge on any atom is 0.311 e. The van der Waals surface area contributed by atoms with Crippen molar-refractivity contribution in [3.63, 3.8) is 0 Å². The molecule has 1 rings (SSSR count). The number of amides is 1. The van der Waals surface area contributed by atoms with E-state index in [-0.39, 0.29) is 17.9 Å². The Morgan fingerprint density at radius 3 is 2.39 bits per heavy atom. The van der Waals surface area contributed by atoms with Crippen molar-refractivity contribution in [3.8, 4) is 0 Å². The van der Waals surface area contributed by atoms with Gasteiger partial charge in [-0.2, -0.15) is 0 Å². The van der Waals surface area contributed by atoms with Gasteiger partial charge in [0.05, 0.1) is 18.6 Å². The highest BCUT2D eigenvalue weighted by molar-refractivity contribution is 5.77. The smallest absolute Gasteiger partial charge is 0.311 e. The van der Waals surface area contributed by atoms with E-state index in [9.17, 15) is 9.59 Å². The monoisotopic (exact) mass is 249 g/mol. The van der Waals surface area contributed by atoms with Gasteiger partial charge < -0.3 is 10.1 Å². The highest BCUT2D eigenvalue weighted by Gasteiger charge is 2.27. The molecule has 1 amide bonds. The van der Waals surface area contributed by atoms with Crippen LogP contribution in [-0.4, -0.2) is 18.5 Å². The lowest BCUT2D eigenvalue weighted by molar-refractivity contribution is -0.148. The van der Waals surface area contributed by atoms with Crippen LogP contribution in [0.1, 0.15) is 32.4 Å². The first-order valence-corrected chi connectivity index (χ1v) is 6.05. The van der Waals surface area contributed by atoms with Gasteiger partial charge in [0.2, 0.25) is 5.91 Å². The van der Waals surface area contributed by atoms with Crippen LogP contribution >= 0.6 is 0 Å². The van der Waals surface area contributed by atoms with Crippen molar-refractivity contribution in [2.75, 3.05) is 6.61 Å². The Morgan fingerprint density at radius 2 is 1.89 bits per heavy atom. The van der Waals surface area contributed by atoms with Crippen LogP contribution in [0.25, 0.3) is 0 Å². The van der Waals surface area contributed by atoms with Crippen molar-refractivity contribution in [1.29, 1.82) is 0 Å². The molecule has 0 saturated carbocycles. The van der Waals surface area contributed by atoms with E-state index in [1.165, 1.54) is 6.92 Å². The van der Waals surface area contributed by atoms with E-state index < -0.39 is 5.92 Å². The molecule has 0 spiro atoms. The number of esters is 1. The maximum absolute atomic E-state index is 11.8. The Morgan fingerprint density at radius 1 is 1.28 bits per heavy atom. The number of ether oxygens (including phenoxy) is 1. The van der Waals surface area contributed by atoms with Crippen LogP contribution in [0.4, 0.5) is 0 Å². The van der Waals surface area contributed by atoms with Gasteiger partial charge in [0.1, 0.15) is 0 Å². The lowest BCUT2D eigenvalue weighted by Crippen LogP contribution is -2.35. The molecule has 1 aromatic rings. The summed E-state index contributed by atoms with van der Waals surface area (Å²) in [7, 11) is 0. The van der Waals surface area contributed by atoms with Crippen molar-refractivity contribution in [2.45, 2.75) is 26.8 Å². The molecular weight excluding hydrogens is 230 g/mol. The third-order valence-corrected chi connectivity index (χ3v) is 2.68. The summed E-state index contributed by atoms with van der Waals surface area (Å²) in [6, 6.07) is 9.06. The van der Waals surface area contributed by atoms with Gasteiger partial charge in [0, 0.05) is 6.92 Å². The van der Waals surface area contributed by atoms with Gasteiger partial charge in [-0.25, -0.2) is 0 Å². The van der Waals surface area contributed by atoms with Gasteiger partial charge in [-0.3, -0.25) is 9.59 Å². The highest BCUT2D eigenvalue weighted by atomic mass is 16.5. The summed E-state index contributed by atoms with van der Waals surface area (Å²) < 4.78 is 5.00. The summed E-state index contributed by atoms with van der Waals surface area (Å²) in [5.74, 6) is -0.892. The lowest BCUT2D eigenvalue weighted by Gasteiger charge is -2.23. The molecular formula is C14H19NO3. The normalized spacial score (nSPS) is 13.5. The molecule has 0 unspecified atom stereocenters. The van der Waals surface area contributed by atoms with Gasteiger partial charge in [-0.1, -0.05) is 30.3 Å². The van der Waals surface area contributed by atoms with Crippen molar-refractivity contribution in [2.24, 2.45) is 5.92 Å². The molecule has 18 heavy (non-hydrogen) atoms. The maximum atomic E-state index is 11.8. The predicted octanol–water partition coefficient (Wildman–Crippen LogP) is 2.06. The molecule has 98 valence electrons. The minimum absolute atomic E-state index is 0.167. The molecule has 1 aromatic carbocycles. The number of benzene rings is 1. The summed E-state index contributed by atoms with van der Waals surface area (Å²) >= 11 is 0. The van der Waals surface area contributed by atoms with Crippen molar-refractivity contribution < 1.29 is 14.3 Å². The Kier molecular flexibility index (Phi) is 5.36. The second-order valence-corrected chi connectivity index (χ2v) is 4.13. The van der Waals surface area contributed by atoms with Crippen LogP contribution in [0.3, 0.4) is 0 Å². The van der Waals surface area contributed by atoms with E-state index in [4.69, 9.17) is 4.74 Å². The largest absolute Gasteiger partial charge is 0.466 e. The third-order valence-electron chi connectivity index (χ3n) is 2.68. The zero-order valence-corrected chi connectivity index (χ0v) is 11.0. The first-order chi connectivity index (χ1) is 8.56. The second-order valence-electron chi connectivity index (χ2n) is 4.13. The SMILES string of the molecule is CCOC(=O)[C@@H](C)[C@H](NC(C)=O)c1ccccc1. The van der Waals surface area contributed by atoms with E-state index in [2.05, 4.69) is 5.32 Å². The molecule has 0 aromatic heterocycles. The first kappa shape index (κ1) is 14.2. The van der Waals surface area contributed by atoms with Crippen LogP contribution in [0.2, 0.25) is 0 Å². The van der Waals surface area contributed by atoms with Gasteiger partial charge in [-0.15, -0.1) is 0 Å². The topological polar surface area (TPSA) is 55.4 Å². The van der Waals surface area contributed by atoms with E-state index in [0.29, 0.717) is 6.61 Å². The quantitative estimate of drug-likeness (QED) is 0.813. The van der Waals surface area contributed by atoms with E-state index in [1.807, 2.05) is 30.3 Å². The molecule has 0 radical (unpaired) electrons. The molecule has 0 aliphatic rings. The second kappa shape index (κ2) is 6.79. The van der Waals surface area contributed by atoms with Gasteiger partial charge in [0.25, 0.3) is 0 Å². The average Bonchev–Trinajstić information content (AvgIpc) is 2.36. The summed E-state index contributed by atoms with van der Waals surface area (Å²) in [5, 5.41) is 2.80. The Hall–Kier alpha value is -1.84. The summed E-state index contributed by atoms with van der Waals surface area (Å²) in [6.45, 7) is 5.30. The fourth-order valence-corrected chi connectivity index (χ4v) is 1.79. The van der Waals surface area contributed by atoms with Crippen LogP contribution in [0.5, 0.6) is 0 Å². The number of carbonyl (C=O) groups excluding carboxylic acids is 2. The highest BCUT2D eigenvalue weighted by Crippen LogP contribution is 2.22. The van der Waals surface area contributed by atoms with E-state index in [1.54, 1.807) is 13.8 Å². The molecule has 0 fully saturated rings. The Labute approximate surface area is 107 Å². The third kappa shape index (κ3) is 3.87. The molecule has 0 aliphatic carbocycles. The fraction of sp³-hybridized carbons (Fsp3) is 0.429. The number of hydrogen-bond donors (Lipinski definition) is 1. The molecule has 4 heteroatoms. The van der Waals surface area contributed by atoms with Crippen LogP contribution < -0.4 is 5.32 Å². The van der Waals surface area contributed by atoms with E-state index in [0.717, 1.165) is 5.56 Å². The Bertz CT molecular complexity index is 403. The van der Waals surface area contributed by atoms with Crippen molar-refractivity contribution in [1.82, 2.24) is 5.32 Å². The zero-order valence-electron chi connectivity index (χ0n) is 11.0. The summed E-state index contributed by atoms with van der Waals surface area (Å²) in [6.07, 6.45) is 0. The molecule has 0 heterocycles. The minimum atomic E-state index is -0.420. The van der Waals surface area contributed by atoms with E-state index >= 15 is 0 Å². The first-order valence-electron chi connectivity index (χ1n) is 6.05. The van der Waals surface area contributed by atoms with Crippen LogP contribution in [-0.2, 0) is 14.3 Å². The Balaban J connectivity index is 2.91. The molecule has 0 saturated heterocycles. The number of nitrogens with one attached hydrogen (secondary N) is 1. The van der Waals surface area contributed by atoms with Crippen molar-refractivity contribution >= 4 is 11.9 Å². The van der Waals surface area contributed by atoms with Crippen LogP contribution in [0, 0.1) is 5.92 Å². The summed E-state index contributed by atoms with van der Waals surface area (Å²) in [4.78, 5) is 23.0. The number of rotatable bonds is 5. The molecule has 4 nitrogen and oxygen atoms in total. The van der Waals surface area contributed by atoms with Gasteiger partial charge in [0.15, 0.2) is 0 Å². The number of hydrogen-bond acceptors (Lipinski definition) is 3. The molecule has 2 atom stereocenters. The van der Waals surface area contributed by atoms with Crippen molar-refractivity contribution in [3.05, 3.63) is 35.9 Å². The number of carbonyl (C=O) groups is 2. The zero-order chi connectivity index (χ0) is 13.5. The van der Waals surface area contributed by atoms with Gasteiger partial charge in [-0.05, 0) is 19.4 Å². The summed E-state index contributed by atoms with van der Waals surface area (Å²) in [5.41, 5.74) is 0.897. The minimum Gasteiger partial charge on any atom is -0.466 e. The molecule has 1 N–H and O–H groups in total. The average molecular weight is 249 g/mol. The molecule has 0 aliphatic heterocycles. The standard InChI is InChI=1S/C14H19NO3/c1-4-18-14(17)10(2)13(15-11(3)16)12-8-6-5-7-9-12/h5-10,13H,4H2,1-3H3,(H,15,16)/t10-,13-/m0/s1. The van der Waals surface area contributed by atoms with Gasteiger partial charge >= 0.3 is 5.97 Å². The predicted molar refractivity (Wildman–Crippen MR) is 68.8 cm³/mol. The molecule has 0 bridgehead atoms.